The van der Waals surface area contributed by atoms with Crippen LogP contribution in [0.2, 0.25) is 0 Å². The van der Waals surface area contributed by atoms with E-state index in [9.17, 15) is 0 Å². The van der Waals surface area contributed by atoms with Gasteiger partial charge in [0.2, 0.25) is 0 Å². The van der Waals surface area contributed by atoms with E-state index in [-0.39, 0.29) is 24.0 Å². The smallest absolute Gasteiger partial charge is 0.193 e. The first-order valence-electron chi connectivity index (χ1n) is 6.62. The fraction of sp³-hybridized carbons (Fsp3) is 0.467. The first kappa shape index (κ1) is 18.7. The zero-order valence-corrected chi connectivity index (χ0v) is 14.7. The van der Waals surface area contributed by atoms with Gasteiger partial charge in [0.25, 0.3) is 0 Å². The average molecular weight is 386 g/mol. The second kappa shape index (κ2) is 10.5. The van der Waals surface area contributed by atoms with E-state index in [1.165, 1.54) is 6.42 Å². The Morgan fingerprint density at radius 3 is 2.50 bits per heavy atom. The summed E-state index contributed by atoms with van der Waals surface area (Å²) < 4.78 is 0. The minimum atomic E-state index is 0. The summed E-state index contributed by atoms with van der Waals surface area (Å²) in [5.74, 6) is 0.901. The van der Waals surface area contributed by atoms with Crippen molar-refractivity contribution in [2.45, 2.75) is 26.3 Å². The first-order chi connectivity index (χ1) is 9.21. The molecular formula is C15H23IN4. The summed E-state index contributed by atoms with van der Waals surface area (Å²) in [7, 11) is 3.84. The Balaban J connectivity index is 0.00000361. The molecular weight excluding hydrogens is 363 g/mol. The van der Waals surface area contributed by atoms with E-state index in [4.69, 9.17) is 5.26 Å². The van der Waals surface area contributed by atoms with Gasteiger partial charge in [0.1, 0.15) is 0 Å². The number of rotatable bonds is 5. The highest BCUT2D eigenvalue weighted by Gasteiger charge is 2.04. The molecule has 1 aromatic rings. The largest absolute Gasteiger partial charge is 0.352 e. The molecule has 0 amide bonds. The Morgan fingerprint density at radius 2 is 2.00 bits per heavy atom. The van der Waals surface area contributed by atoms with E-state index in [2.05, 4.69) is 28.2 Å². The highest BCUT2D eigenvalue weighted by Crippen LogP contribution is 2.03. The number of halogens is 1. The van der Waals surface area contributed by atoms with Crippen molar-refractivity contribution in [2.75, 3.05) is 20.6 Å². The van der Waals surface area contributed by atoms with Gasteiger partial charge in [-0.2, -0.15) is 5.26 Å². The van der Waals surface area contributed by atoms with E-state index in [0.29, 0.717) is 5.56 Å². The molecule has 0 radical (unpaired) electrons. The summed E-state index contributed by atoms with van der Waals surface area (Å²) in [5.41, 5.74) is 1.83. The van der Waals surface area contributed by atoms with Crippen molar-refractivity contribution in [1.82, 2.24) is 10.2 Å². The van der Waals surface area contributed by atoms with Gasteiger partial charge in [-0.15, -0.1) is 24.0 Å². The molecule has 0 bridgehead atoms. The Kier molecular flexibility index (Phi) is 9.82. The van der Waals surface area contributed by atoms with Gasteiger partial charge in [-0.05, 0) is 24.1 Å². The maximum absolute atomic E-state index is 8.75. The Labute approximate surface area is 138 Å². The maximum Gasteiger partial charge on any atom is 0.193 e. The quantitative estimate of drug-likeness (QED) is 0.481. The monoisotopic (exact) mass is 386 g/mol. The molecule has 0 fully saturated rings. The van der Waals surface area contributed by atoms with Crippen molar-refractivity contribution in [1.29, 1.82) is 5.26 Å². The topological polar surface area (TPSA) is 51.4 Å². The predicted molar refractivity (Wildman–Crippen MR) is 94.3 cm³/mol. The molecule has 1 rings (SSSR count). The molecule has 5 heteroatoms. The molecule has 20 heavy (non-hydrogen) atoms. The van der Waals surface area contributed by atoms with E-state index < -0.39 is 0 Å². The summed E-state index contributed by atoms with van der Waals surface area (Å²) in [6.07, 6.45) is 2.34. The molecule has 0 aliphatic rings. The lowest BCUT2D eigenvalue weighted by Gasteiger charge is -2.21. The van der Waals surface area contributed by atoms with Gasteiger partial charge in [-0.25, -0.2) is 0 Å². The van der Waals surface area contributed by atoms with Crippen molar-refractivity contribution in [3.05, 3.63) is 35.4 Å². The van der Waals surface area contributed by atoms with Gasteiger partial charge in [0.15, 0.2) is 5.96 Å². The summed E-state index contributed by atoms with van der Waals surface area (Å²) in [6, 6.07) is 9.71. The van der Waals surface area contributed by atoms with E-state index >= 15 is 0 Å². The van der Waals surface area contributed by atoms with E-state index in [1.54, 1.807) is 7.05 Å². The van der Waals surface area contributed by atoms with Crippen LogP contribution in [0, 0.1) is 11.3 Å². The van der Waals surface area contributed by atoms with Crippen LogP contribution in [0.1, 0.15) is 30.9 Å². The number of guanidine groups is 1. The van der Waals surface area contributed by atoms with Crippen LogP contribution in [0.25, 0.3) is 0 Å². The number of aliphatic imine (C=N–C) groups is 1. The van der Waals surface area contributed by atoms with Crippen LogP contribution in [0.4, 0.5) is 0 Å². The predicted octanol–water partition coefficient (Wildman–Crippen LogP) is 2.98. The molecule has 0 spiro atoms. The standard InChI is InChI=1S/C15H22N4.HI/c1-4-5-10-19(3)15(17-2)18-12-14-8-6-13(11-16)7-9-14;/h6-9H,4-5,10,12H2,1-3H3,(H,17,18);1H. The van der Waals surface area contributed by atoms with E-state index in [1.807, 2.05) is 31.3 Å². The molecule has 0 unspecified atom stereocenters. The van der Waals surface area contributed by atoms with Crippen molar-refractivity contribution in [3.63, 3.8) is 0 Å². The lowest BCUT2D eigenvalue weighted by atomic mass is 10.1. The van der Waals surface area contributed by atoms with Gasteiger partial charge < -0.3 is 10.2 Å². The molecule has 0 aliphatic carbocycles. The Bertz CT molecular complexity index is 448. The number of nitriles is 1. The lowest BCUT2D eigenvalue weighted by Crippen LogP contribution is -2.38. The van der Waals surface area contributed by atoms with Gasteiger partial charge >= 0.3 is 0 Å². The summed E-state index contributed by atoms with van der Waals surface area (Å²) in [4.78, 5) is 6.40. The third kappa shape index (κ3) is 6.24. The van der Waals surface area contributed by atoms with Crippen molar-refractivity contribution < 1.29 is 0 Å². The highest BCUT2D eigenvalue weighted by molar-refractivity contribution is 14.0. The maximum atomic E-state index is 8.75. The minimum absolute atomic E-state index is 0. The molecule has 0 aromatic heterocycles. The van der Waals surface area contributed by atoms with Gasteiger partial charge in [0, 0.05) is 27.2 Å². The van der Waals surface area contributed by atoms with Crippen LogP contribution in [0.5, 0.6) is 0 Å². The first-order valence-corrected chi connectivity index (χ1v) is 6.62. The second-order valence-electron chi connectivity index (χ2n) is 4.48. The van der Waals surface area contributed by atoms with Crippen molar-refractivity contribution in [3.8, 4) is 6.07 Å². The third-order valence-corrected chi connectivity index (χ3v) is 2.95. The number of hydrogen-bond donors (Lipinski definition) is 1. The van der Waals surface area contributed by atoms with Crippen LogP contribution in [0.15, 0.2) is 29.3 Å². The molecule has 0 saturated heterocycles. The number of unbranched alkanes of at least 4 members (excludes halogenated alkanes) is 1. The third-order valence-electron chi connectivity index (χ3n) is 2.95. The zero-order chi connectivity index (χ0) is 14.1. The number of nitrogens with one attached hydrogen (secondary N) is 1. The molecule has 110 valence electrons. The summed E-state index contributed by atoms with van der Waals surface area (Å²) in [6.45, 7) is 3.90. The van der Waals surface area contributed by atoms with Gasteiger partial charge in [-0.1, -0.05) is 25.5 Å². The summed E-state index contributed by atoms with van der Waals surface area (Å²) >= 11 is 0. The Morgan fingerprint density at radius 1 is 1.35 bits per heavy atom. The zero-order valence-electron chi connectivity index (χ0n) is 12.4. The normalized spacial score (nSPS) is 10.4. The number of nitrogens with zero attached hydrogens (tertiary/aromatic N) is 3. The van der Waals surface area contributed by atoms with Crippen LogP contribution in [0.3, 0.4) is 0 Å². The molecule has 0 heterocycles. The van der Waals surface area contributed by atoms with Gasteiger partial charge in [0.05, 0.1) is 11.6 Å². The fourth-order valence-electron chi connectivity index (χ4n) is 1.76. The van der Waals surface area contributed by atoms with Crippen LogP contribution in [-0.4, -0.2) is 31.5 Å². The van der Waals surface area contributed by atoms with Gasteiger partial charge in [-0.3, -0.25) is 4.99 Å². The lowest BCUT2D eigenvalue weighted by molar-refractivity contribution is 0.464. The van der Waals surface area contributed by atoms with Crippen LogP contribution >= 0.6 is 24.0 Å². The molecule has 0 aliphatic heterocycles. The molecule has 4 nitrogen and oxygen atoms in total. The van der Waals surface area contributed by atoms with Crippen LogP contribution in [-0.2, 0) is 6.54 Å². The highest BCUT2D eigenvalue weighted by atomic mass is 127. The molecule has 0 atom stereocenters. The van der Waals surface area contributed by atoms with Crippen LogP contribution < -0.4 is 5.32 Å². The summed E-state index contributed by atoms with van der Waals surface area (Å²) in [5, 5.41) is 12.1. The van der Waals surface area contributed by atoms with Crippen molar-refractivity contribution in [2.24, 2.45) is 4.99 Å². The molecule has 1 aromatic carbocycles. The van der Waals surface area contributed by atoms with E-state index in [0.717, 1.165) is 31.0 Å². The number of hydrogen-bond acceptors (Lipinski definition) is 2. The molecule has 0 saturated carbocycles. The second-order valence-corrected chi connectivity index (χ2v) is 4.48. The van der Waals surface area contributed by atoms with Crippen molar-refractivity contribution >= 4 is 29.9 Å². The number of benzene rings is 1. The SMILES string of the molecule is CCCCN(C)C(=NC)NCc1ccc(C#N)cc1.I. The Hall–Kier alpha value is -1.29. The average Bonchev–Trinajstić information content (AvgIpc) is 2.46. The fourth-order valence-corrected chi connectivity index (χ4v) is 1.76. The molecule has 1 N–H and O–H groups in total. The minimum Gasteiger partial charge on any atom is -0.352 e.